The smallest absolute Gasteiger partial charge is 0.230 e. The Morgan fingerprint density at radius 3 is 2.24 bits per heavy atom. The summed E-state index contributed by atoms with van der Waals surface area (Å²) in [6.45, 7) is 8.39. The summed E-state index contributed by atoms with van der Waals surface area (Å²) in [5.41, 5.74) is 8.25. The highest BCUT2D eigenvalue weighted by Crippen LogP contribution is 2.23. The number of nitrogens with two attached hydrogens (primary N) is 1. The highest BCUT2D eigenvalue weighted by molar-refractivity contribution is 5.94. The van der Waals surface area contributed by atoms with Gasteiger partial charge in [0.15, 0.2) is 0 Å². The molecular formula is C14H22N2O. The molecular weight excluding hydrogens is 212 g/mol. The first-order chi connectivity index (χ1) is 7.85. The van der Waals surface area contributed by atoms with Gasteiger partial charge in [-0.25, -0.2) is 0 Å². The quantitative estimate of drug-likeness (QED) is 0.841. The van der Waals surface area contributed by atoms with Gasteiger partial charge in [-0.05, 0) is 50.1 Å². The first-order valence-corrected chi connectivity index (χ1v) is 5.95. The Morgan fingerprint density at radius 2 is 1.76 bits per heavy atom. The lowest BCUT2D eigenvalue weighted by Crippen LogP contribution is -2.32. The van der Waals surface area contributed by atoms with Crippen LogP contribution >= 0.6 is 0 Å². The molecule has 1 aromatic carbocycles. The number of rotatable bonds is 4. The summed E-state index contributed by atoms with van der Waals surface area (Å²) in [5, 5.41) is 2.95. The van der Waals surface area contributed by atoms with Gasteiger partial charge in [0.05, 0.1) is 0 Å². The van der Waals surface area contributed by atoms with E-state index in [4.69, 9.17) is 5.73 Å². The number of hydrogen-bond donors (Lipinski definition) is 2. The molecule has 3 N–H and O–H groups in total. The van der Waals surface area contributed by atoms with Gasteiger partial charge in [-0.3, -0.25) is 4.79 Å². The monoisotopic (exact) mass is 234 g/mol. The van der Waals surface area contributed by atoms with Gasteiger partial charge < -0.3 is 11.1 Å². The molecule has 0 aromatic heterocycles. The van der Waals surface area contributed by atoms with Gasteiger partial charge in [-0.15, -0.1) is 0 Å². The van der Waals surface area contributed by atoms with E-state index in [1.807, 2.05) is 39.8 Å². The van der Waals surface area contributed by atoms with Gasteiger partial charge in [0.2, 0.25) is 5.91 Å². The highest BCUT2D eigenvalue weighted by atomic mass is 16.2. The van der Waals surface area contributed by atoms with E-state index in [2.05, 4.69) is 11.4 Å². The fraction of sp³-hybridized carbons (Fsp3) is 0.500. The highest BCUT2D eigenvalue weighted by Gasteiger charge is 2.26. The normalized spacial score (nSPS) is 11.4. The van der Waals surface area contributed by atoms with Gasteiger partial charge >= 0.3 is 0 Å². The van der Waals surface area contributed by atoms with Crippen molar-refractivity contribution in [2.75, 3.05) is 11.9 Å². The number of hydrogen-bond acceptors (Lipinski definition) is 2. The Kier molecular flexibility index (Phi) is 4.29. The summed E-state index contributed by atoms with van der Waals surface area (Å²) in [7, 11) is 0. The molecule has 94 valence electrons. The van der Waals surface area contributed by atoms with Crippen LogP contribution in [0, 0.1) is 19.3 Å². The number of aryl methyl sites for hydroxylation is 2. The van der Waals surface area contributed by atoms with Gasteiger partial charge in [-0.1, -0.05) is 19.9 Å². The summed E-state index contributed by atoms with van der Waals surface area (Å²) >= 11 is 0. The zero-order chi connectivity index (χ0) is 13.1. The zero-order valence-corrected chi connectivity index (χ0v) is 11.1. The van der Waals surface area contributed by atoms with Crippen LogP contribution in [0.15, 0.2) is 18.2 Å². The van der Waals surface area contributed by atoms with Crippen LogP contribution in [-0.4, -0.2) is 12.5 Å². The predicted molar refractivity (Wildman–Crippen MR) is 72.0 cm³/mol. The van der Waals surface area contributed by atoms with Gasteiger partial charge in [0.25, 0.3) is 0 Å². The fourth-order valence-corrected chi connectivity index (χ4v) is 1.82. The topological polar surface area (TPSA) is 55.1 Å². The minimum atomic E-state index is -0.424. The second-order valence-electron chi connectivity index (χ2n) is 5.25. The molecule has 0 aliphatic rings. The summed E-state index contributed by atoms with van der Waals surface area (Å²) in [4.78, 5) is 12.1. The molecule has 1 amide bonds. The minimum Gasteiger partial charge on any atom is -0.330 e. The predicted octanol–water partition coefficient (Wildman–Crippen LogP) is 2.62. The summed E-state index contributed by atoms with van der Waals surface area (Å²) < 4.78 is 0. The van der Waals surface area contributed by atoms with Crippen molar-refractivity contribution in [3.8, 4) is 0 Å². The summed E-state index contributed by atoms with van der Waals surface area (Å²) in [6, 6.07) is 6.04. The molecule has 1 rings (SSSR count). The van der Waals surface area contributed by atoms with Crippen molar-refractivity contribution >= 4 is 11.6 Å². The van der Waals surface area contributed by atoms with Crippen LogP contribution in [0.25, 0.3) is 0 Å². The van der Waals surface area contributed by atoms with Crippen LogP contribution in [-0.2, 0) is 4.79 Å². The van der Waals surface area contributed by atoms with E-state index in [1.54, 1.807) is 0 Å². The van der Waals surface area contributed by atoms with E-state index < -0.39 is 5.41 Å². The Balaban J connectivity index is 2.80. The zero-order valence-electron chi connectivity index (χ0n) is 11.1. The van der Waals surface area contributed by atoms with Gasteiger partial charge in [-0.2, -0.15) is 0 Å². The summed E-state index contributed by atoms with van der Waals surface area (Å²) in [6.07, 6.45) is 0.684. The van der Waals surface area contributed by atoms with Crippen LogP contribution in [0.4, 0.5) is 5.69 Å². The van der Waals surface area contributed by atoms with E-state index >= 15 is 0 Å². The molecule has 0 radical (unpaired) electrons. The standard InChI is InChI=1S/C14H22N2O/c1-10-7-11(2)9-12(8-10)16-13(17)14(3,4)5-6-15/h7-9H,5-6,15H2,1-4H3,(H,16,17). The maximum absolute atomic E-state index is 12.1. The van der Waals surface area contributed by atoms with Crippen LogP contribution < -0.4 is 11.1 Å². The lowest BCUT2D eigenvalue weighted by Gasteiger charge is -2.23. The molecule has 0 saturated heterocycles. The minimum absolute atomic E-state index is 0.0213. The Labute approximate surface area is 103 Å². The number of anilines is 1. The number of carbonyl (C=O) groups excluding carboxylic acids is 1. The number of amides is 1. The van der Waals surface area contributed by atoms with Crippen molar-refractivity contribution in [3.05, 3.63) is 29.3 Å². The third-order valence-corrected chi connectivity index (χ3v) is 2.86. The molecule has 3 nitrogen and oxygen atoms in total. The molecule has 0 spiro atoms. The molecule has 0 saturated carbocycles. The van der Waals surface area contributed by atoms with E-state index in [9.17, 15) is 4.79 Å². The number of carbonyl (C=O) groups is 1. The van der Waals surface area contributed by atoms with E-state index in [0.717, 1.165) is 16.8 Å². The molecule has 1 aromatic rings. The van der Waals surface area contributed by atoms with Gasteiger partial charge in [0.1, 0.15) is 0 Å². The average Bonchev–Trinajstić information content (AvgIpc) is 2.15. The van der Waals surface area contributed by atoms with Crippen LogP contribution in [0.2, 0.25) is 0 Å². The first kappa shape index (κ1) is 13.7. The van der Waals surface area contributed by atoms with Crippen molar-refractivity contribution in [1.29, 1.82) is 0 Å². The Morgan fingerprint density at radius 1 is 1.24 bits per heavy atom. The fourth-order valence-electron chi connectivity index (χ4n) is 1.82. The van der Waals surface area contributed by atoms with Crippen molar-refractivity contribution in [2.24, 2.45) is 11.1 Å². The van der Waals surface area contributed by atoms with Crippen LogP contribution in [0.1, 0.15) is 31.4 Å². The van der Waals surface area contributed by atoms with Crippen molar-refractivity contribution in [1.82, 2.24) is 0 Å². The average molecular weight is 234 g/mol. The van der Waals surface area contributed by atoms with Crippen molar-refractivity contribution in [3.63, 3.8) is 0 Å². The van der Waals surface area contributed by atoms with Crippen LogP contribution in [0.3, 0.4) is 0 Å². The molecule has 0 atom stereocenters. The molecule has 3 heteroatoms. The molecule has 0 unspecified atom stereocenters. The third-order valence-electron chi connectivity index (χ3n) is 2.86. The second kappa shape index (κ2) is 5.32. The van der Waals surface area contributed by atoms with E-state index in [1.165, 1.54) is 0 Å². The molecule has 0 heterocycles. The largest absolute Gasteiger partial charge is 0.330 e. The van der Waals surface area contributed by atoms with Gasteiger partial charge in [0, 0.05) is 11.1 Å². The molecule has 0 fully saturated rings. The van der Waals surface area contributed by atoms with E-state index in [0.29, 0.717) is 13.0 Å². The van der Waals surface area contributed by atoms with Crippen molar-refractivity contribution < 1.29 is 4.79 Å². The molecule has 0 bridgehead atoms. The third kappa shape index (κ3) is 3.86. The second-order valence-corrected chi connectivity index (χ2v) is 5.25. The lowest BCUT2D eigenvalue weighted by atomic mass is 9.88. The van der Waals surface area contributed by atoms with Crippen LogP contribution in [0.5, 0.6) is 0 Å². The molecule has 0 aliphatic carbocycles. The van der Waals surface area contributed by atoms with E-state index in [-0.39, 0.29) is 5.91 Å². The number of benzene rings is 1. The Hall–Kier alpha value is -1.35. The Bertz CT molecular complexity index is 390. The maximum Gasteiger partial charge on any atom is 0.230 e. The van der Waals surface area contributed by atoms with Crippen molar-refractivity contribution in [2.45, 2.75) is 34.1 Å². The number of nitrogens with one attached hydrogen (secondary N) is 1. The molecule has 0 aliphatic heterocycles. The summed E-state index contributed by atoms with van der Waals surface area (Å²) in [5.74, 6) is 0.0213. The lowest BCUT2D eigenvalue weighted by molar-refractivity contribution is -0.124. The SMILES string of the molecule is Cc1cc(C)cc(NC(=O)C(C)(C)CCN)c1. The molecule has 17 heavy (non-hydrogen) atoms. The first-order valence-electron chi connectivity index (χ1n) is 5.95. The maximum atomic E-state index is 12.1.